The Bertz CT molecular complexity index is 1170. The Morgan fingerprint density at radius 2 is 1.79 bits per heavy atom. The number of benzene rings is 1. The monoisotopic (exact) mass is 452 g/mol. The van der Waals surface area contributed by atoms with Crippen molar-refractivity contribution in [3.63, 3.8) is 0 Å². The van der Waals surface area contributed by atoms with Gasteiger partial charge >= 0.3 is 11.9 Å². The van der Waals surface area contributed by atoms with E-state index in [4.69, 9.17) is 13.9 Å². The van der Waals surface area contributed by atoms with Gasteiger partial charge < -0.3 is 23.8 Å². The number of esters is 2. The molecule has 0 spiro atoms. The standard InChI is InChI=1S/C24H24N2O7/c1-14-12-19(16(3)26(14)18-9-7-17(8-10-18)24(30)31-4)20(27)13-33-23(29)15(2)25-22(28)21-6-5-11-32-21/h5-12,15H,13H2,1-4H3,(H,25,28)/t15-/m0/s1. The highest BCUT2D eigenvalue weighted by molar-refractivity contribution is 6.00. The number of carbonyl (C=O) groups excluding carboxylic acids is 4. The number of rotatable bonds is 8. The zero-order chi connectivity index (χ0) is 24.1. The highest BCUT2D eigenvalue weighted by atomic mass is 16.5. The number of amides is 1. The van der Waals surface area contributed by atoms with Crippen molar-refractivity contribution >= 4 is 23.6 Å². The first-order chi connectivity index (χ1) is 15.7. The number of aromatic nitrogens is 1. The van der Waals surface area contributed by atoms with E-state index in [1.807, 2.05) is 11.5 Å². The Morgan fingerprint density at radius 3 is 2.39 bits per heavy atom. The maximum Gasteiger partial charge on any atom is 0.337 e. The molecule has 0 saturated heterocycles. The Hall–Kier alpha value is -4.14. The van der Waals surface area contributed by atoms with Crippen molar-refractivity contribution in [1.82, 2.24) is 9.88 Å². The second-order valence-corrected chi connectivity index (χ2v) is 7.36. The summed E-state index contributed by atoms with van der Waals surface area (Å²) in [5.74, 6) is -2.04. The summed E-state index contributed by atoms with van der Waals surface area (Å²) in [6.07, 6.45) is 1.35. The smallest absolute Gasteiger partial charge is 0.337 e. The molecule has 0 bridgehead atoms. The zero-order valence-corrected chi connectivity index (χ0v) is 18.7. The third-order valence-electron chi connectivity index (χ3n) is 5.07. The average Bonchev–Trinajstić information content (AvgIpc) is 3.45. The van der Waals surface area contributed by atoms with Crippen LogP contribution >= 0.6 is 0 Å². The number of hydrogen-bond acceptors (Lipinski definition) is 7. The highest BCUT2D eigenvalue weighted by Gasteiger charge is 2.22. The van der Waals surface area contributed by atoms with E-state index >= 15 is 0 Å². The van der Waals surface area contributed by atoms with Crippen LogP contribution in [0, 0.1) is 13.8 Å². The number of ether oxygens (including phenoxy) is 2. The zero-order valence-electron chi connectivity index (χ0n) is 18.7. The highest BCUT2D eigenvalue weighted by Crippen LogP contribution is 2.22. The fraction of sp³-hybridized carbons (Fsp3) is 0.250. The molecule has 0 saturated carbocycles. The van der Waals surface area contributed by atoms with Gasteiger partial charge in [-0.15, -0.1) is 0 Å². The van der Waals surface area contributed by atoms with Crippen molar-refractivity contribution in [2.75, 3.05) is 13.7 Å². The first-order valence-corrected chi connectivity index (χ1v) is 10.1. The lowest BCUT2D eigenvalue weighted by Gasteiger charge is -2.12. The van der Waals surface area contributed by atoms with Crippen LogP contribution in [0.5, 0.6) is 0 Å². The van der Waals surface area contributed by atoms with Gasteiger partial charge in [0.25, 0.3) is 5.91 Å². The molecule has 1 N–H and O–H groups in total. The summed E-state index contributed by atoms with van der Waals surface area (Å²) in [4.78, 5) is 48.5. The number of ketones is 1. The van der Waals surface area contributed by atoms with Gasteiger partial charge in [0.15, 0.2) is 12.4 Å². The molecule has 0 radical (unpaired) electrons. The number of nitrogens with one attached hydrogen (secondary N) is 1. The first-order valence-electron chi connectivity index (χ1n) is 10.1. The fourth-order valence-corrected chi connectivity index (χ4v) is 3.38. The number of carbonyl (C=O) groups is 4. The molecule has 1 atom stereocenters. The van der Waals surface area contributed by atoms with Crippen LogP contribution in [-0.2, 0) is 14.3 Å². The quantitative estimate of drug-likeness (QED) is 0.412. The van der Waals surface area contributed by atoms with Gasteiger partial charge in [-0.05, 0) is 63.2 Å². The molecular weight excluding hydrogens is 428 g/mol. The van der Waals surface area contributed by atoms with Crippen molar-refractivity contribution in [2.45, 2.75) is 26.8 Å². The lowest BCUT2D eigenvalue weighted by atomic mass is 10.1. The van der Waals surface area contributed by atoms with Crippen LogP contribution in [0.4, 0.5) is 0 Å². The van der Waals surface area contributed by atoms with E-state index in [1.54, 1.807) is 43.3 Å². The van der Waals surface area contributed by atoms with Gasteiger partial charge in [0, 0.05) is 22.6 Å². The molecule has 3 aromatic rings. The van der Waals surface area contributed by atoms with Crippen LogP contribution in [-0.4, -0.2) is 48.0 Å². The lowest BCUT2D eigenvalue weighted by molar-refractivity contribution is -0.144. The van der Waals surface area contributed by atoms with Crippen LogP contribution in [0.25, 0.3) is 5.69 Å². The average molecular weight is 452 g/mol. The summed E-state index contributed by atoms with van der Waals surface area (Å²) < 4.78 is 16.7. The molecule has 1 aromatic carbocycles. The Balaban J connectivity index is 1.65. The Kier molecular flexibility index (Phi) is 7.12. The number of methoxy groups -OCH3 is 1. The molecule has 1 amide bonds. The molecule has 172 valence electrons. The van der Waals surface area contributed by atoms with Crippen LogP contribution in [0.2, 0.25) is 0 Å². The number of hydrogen-bond donors (Lipinski definition) is 1. The SMILES string of the molecule is COC(=O)c1ccc(-n2c(C)cc(C(=O)COC(=O)[C@H](C)NC(=O)c3ccco3)c2C)cc1. The second kappa shape index (κ2) is 9.99. The maximum atomic E-state index is 12.7. The van der Waals surface area contributed by atoms with E-state index in [1.165, 1.54) is 26.4 Å². The molecule has 9 nitrogen and oxygen atoms in total. The summed E-state index contributed by atoms with van der Waals surface area (Å²) in [6, 6.07) is 10.6. The largest absolute Gasteiger partial charge is 0.465 e. The Morgan fingerprint density at radius 1 is 1.09 bits per heavy atom. The summed E-state index contributed by atoms with van der Waals surface area (Å²) in [5.41, 5.74) is 3.05. The minimum Gasteiger partial charge on any atom is -0.465 e. The molecule has 9 heteroatoms. The van der Waals surface area contributed by atoms with Crippen LogP contribution in [0.3, 0.4) is 0 Å². The van der Waals surface area contributed by atoms with Gasteiger partial charge in [-0.3, -0.25) is 9.59 Å². The third kappa shape index (κ3) is 5.20. The number of furan rings is 1. The van der Waals surface area contributed by atoms with Gasteiger partial charge in [-0.1, -0.05) is 0 Å². The van der Waals surface area contributed by atoms with E-state index in [2.05, 4.69) is 5.32 Å². The normalized spacial score (nSPS) is 11.5. The van der Waals surface area contributed by atoms with Crippen LogP contribution in [0.1, 0.15) is 49.6 Å². The van der Waals surface area contributed by atoms with Crippen molar-refractivity contribution in [1.29, 1.82) is 0 Å². The van der Waals surface area contributed by atoms with Gasteiger partial charge in [-0.25, -0.2) is 9.59 Å². The maximum absolute atomic E-state index is 12.7. The molecule has 33 heavy (non-hydrogen) atoms. The molecule has 0 aliphatic carbocycles. The van der Waals surface area contributed by atoms with E-state index in [0.717, 1.165) is 11.4 Å². The fourth-order valence-electron chi connectivity index (χ4n) is 3.38. The Labute approximate surface area is 190 Å². The van der Waals surface area contributed by atoms with Gasteiger partial charge in [0.2, 0.25) is 5.78 Å². The molecule has 0 aliphatic rings. The van der Waals surface area contributed by atoms with Crippen molar-refractivity contribution in [3.05, 3.63) is 77.0 Å². The van der Waals surface area contributed by atoms with E-state index in [0.29, 0.717) is 16.8 Å². The molecule has 3 rings (SSSR count). The molecule has 0 fully saturated rings. The topological polar surface area (TPSA) is 117 Å². The summed E-state index contributed by atoms with van der Waals surface area (Å²) in [6.45, 7) is 4.61. The predicted molar refractivity (Wildman–Crippen MR) is 118 cm³/mol. The number of aryl methyl sites for hydroxylation is 1. The van der Waals surface area contributed by atoms with Crippen LogP contribution in [0.15, 0.2) is 53.1 Å². The van der Waals surface area contributed by atoms with Gasteiger partial charge in [0.1, 0.15) is 6.04 Å². The predicted octanol–water partition coefficient (Wildman–Crippen LogP) is 3.02. The molecule has 0 unspecified atom stereocenters. The van der Waals surface area contributed by atoms with Crippen molar-refractivity contribution in [2.24, 2.45) is 0 Å². The van der Waals surface area contributed by atoms with E-state index in [9.17, 15) is 19.2 Å². The number of nitrogens with zero attached hydrogens (tertiary/aromatic N) is 1. The molecule has 2 heterocycles. The second-order valence-electron chi connectivity index (χ2n) is 7.36. The molecular formula is C24H24N2O7. The third-order valence-corrected chi connectivity index (χ3v) is 5.07. The first kappa shape index (κ1) is 23.5. The minimum absolute atomic E-state index is 0.0674. The van der Waals surface area contributed by atoms with Crippen molar-refractivity contribution < 1.29 is 33.1 Å². The van der Waals surface area contributed by atoms with Gasteiger partial charge in [-0.2, -0.15) is 0 Å². The minimum atomic E-state index is -0.962. The van der Waals surface area contributed by atoms with E-state index in [-0.39, 0.29) is 11.5 Å². The molecule has 2 aromatic heterocycles. The number of Topliss-reactive ketones (excluding diaryl/α,β-unsaturated/α-hetero) is 1. The van der Waals surface area contributed by atoms with Gasteiger partial charge in [0.05, 0.1) is 18.9 Å². The van der Waals surface area contributed by atoms with Crippen LogP contribution < -0.4 is 5.32 Å². The summed E-state index contributed by atoms with van der Waals surface area (Å²) in [5, 5.41) is 2.45. The lowest BCUT2D eigenvalue weighted by Crippen LogP contribution is -2.40. The summed E-state index contributed by atoms with van der Waals surface area (Å²) >= 11 is 0. The molecule has 0 aliphatic heterocycles. The van der Waals surface area contributed by atoms with Crippen molar-refractivity contribution in [3.8, 4) is 5.69 Å². The summed E-state index contributed by atoms with van der Waals surface area (Å²) in [7, 11) is 1.31. The van der Waals surface area contributed by atoms with E-state index < -0.39 is 30.5 Å².